The van der Waals surface area contributed by atoms with E-state index >= 15 is 0 Å². The van der Waals surface area contributed by atoms with Gasteiger partial charge >= 0.3 is 5.97 Å². The molecule has 0 fully saturated rings. The van der Waals surface area contributed by atoms with Gasteiger partial charge < -0.3 is 4.74 Å². The molecule has 6 heteroatoms. The van der Waals surface area contributed by atoms with Crippen LogP contribution in [-0.4, -0.2) is 21.7 Å². The Morgan fingerprint density at radius 2 is 1.50 bits per heavy atom. The molecule has 0 bridgehead atoms. The Labute approximate surface area is 136 Å². The van der Waals surface area contributed by atoms with Gasteiger partial charge in [-0.3, -0.25) is 9.78 Å². The Balaban J connectivity index is 1.72. The van der Waals surface area contributed by atoms with Crippen LogP contribution in [0.2, 0.25) is 0 Å². The third-order valence-electron chi connectivity index (χ3n) is 3.21. The van der Waals surface area contributed by atoms with Gasteiger partial charge in [-0.15, -0.1) is 0 Å². The topological polar surface area (TPSA) is 69.2 Å². The van der Waals surface area contributed by atoms with E-state index in [1.165, 1.54) is 67.1 Å². The van der Waals surface area contributed by atoms with E-state index in [0.717, 1.165) is 0 Å². The van der Waals surface area contributed by atoms with Crippen LogP contribution in [0.4, 0.5) is 4.39 Å². The molecule has 5 nitrogen and oxygen atoms in total. The van der Waals surface area contributed by atoms with Crippen LogP contribution in [0.1, 0.15) is 26.4 Å². The molecule has 0 radical (unpaired) electrons. The minimum absolute atomic E-state index is 0.0870. The highest BCUT2D eigenvalue weighted by atomic mass is 19.1. The highest BCUT2D eigenvalue weighted by Gasteiger charge is 2.12. The van der Waals surface area contributed by atoms with Crippen molar-refractivity contribution in [3.8, 4) is 5.75 Å². The first-order valence-electron chi connectivity index (χ1n) is 7.02. The Bertz CT molecular complexity index is 863. The first-order valence-corrected chi connectivity index (χ1v) is 7.02. The number of aromatic nitrogens is 2. The van der Waals surface area contributed by atoms with E-state index in [4.69, 9.17) is 4.74 Å². The largest absolute Gasteiger partial charge is 0.422 e. The Morgan fingerprint density at radius 1 is 0.875 bits per heavy atom. The summed E-state index contributed by atoms with van der Waals surface area (Å²) < 4.78 is 18.1. The SMILES string of the molecule is O=C(c1ccc(F)cc1)c1ccc(OC(=O)c2cnccn2)cc1. The van der Waals surface area contributed by atoms with Gasteiger partial charge in [0.1, 0.15) is 11.6 Å². The second-order valence-electron chi connectivity index (χ2n) is 4.84. The second-order valence-corrected chi connectivity index (χ2v) is 4.84. The molecule has 0 aliphatic carbocycles. The molecule has 0 N–H and O–H groups in total. The van der Waals surface area contributed by atoms with Crippen LogP contribution in [0.25, 0.3) is 0 Å². The summed E-state index contributed by atoms with van der Waals surface area (Å²) in [6.07, 6.45) is 4.14. The van der Waals surface area contributed by atoms with E-state index in [0.29, 0.717) is 11.1 Å². The number of rotatable bonds is 4. The lowest BCUT2D eigenvalue weighted by Gasteiger charge is -2.05. The van der Waals surface area contributed by atoms with Crippen molar-refractivity contribution in [1.82, 2.24) is 9.97 Å². The van der Waals surface area contributed by atoms with Crippen molar-refractivity contribution in [1.29, 1.82) is 0 Å². The maximum atomic E-state index is 12.9. The molecular formula is C18H11FN2O3. The van der Waals surface area contributed by atoms with Gasteiger partial charge in [0, 0.05) is 23.5 Å². The van der Waals surface area contributed by atoms with Crippen molar-refractivity contribution in [3.05, 3.63) is 89.8 Å². The van der Waals surface area contributed by atoms with Gasteiger partial charge in [-0.2, -0.15) is 0 Å². The van der Waals surface area contributed by atoms with Gasteiger partial charge in [-0.25, -0.2) is 14.2 Å². The molecule has 1 aromatic heterocycles. The maximum Gasteiger partial charge on any atom is 0.363 e. The average Bonchev–Trinajstić information content (AvgIpc) is 2.63. The van der Waals surface area contributed by atoms with Crippen molar-refractivity contribution in [2.45, 2.75) is 0 Å². The quantitative estimate of drug-likeness (QED) is 0.419. The zero-order valence-corrected chi connectivity index (χ0v) is 12.3. The number of hydrogen-bond acceptors (Lipinski definition) is 5. The van der Waals surface area contributed by atoms with Crippen molar-refractivity contribution in [3.63, 3.8) is 0 Å². The lowest BCUT2D eigenvalue weighted by molar-refractivity contribution is 0.0728. The third-order valence-corrected chi connectivity index (χ3v) is 3.21. The zero-order valence-electron chi connectivity index (χ0n) is 12.3. The van der Waals surface area contributed by atoms with Crippen molar-refractivity contribution >= 4 is 11.8 Å². The van der Waals surface area contributed by atoms with Gasteiger partial charge in [0.15, 0.2) is 11.5 Å². The standard InChI is InChI=1S/C18H11FN2O3/c19-14-5-1-12(2-6-14)17(22)13-3-7-15(8-4-13)24-18(23)16-11-20-9-10-21-16/h1-11H. The maximum absolute atomic E-state index is 12.9. The summed E-state index contributed by atoms with van der Waals surface area (Å²) in [4.78, 5) is 31.8. The number of benzene rings is 2. The minimum Gasteiger partial charge on any atom is -0.422 e. The molecule has 0 amide bonds. The molecule has 24 heavy (non-hydrogen) atoms. The molecule has 0 saturated carbocycles. The average molecular weight is 322 g/mol. The number of carbonyl (C=O) groups excluding carboxylic acids is 2. The number of carbonyl (C=O) groups is 2. The molecule has 2 aromatic carbocycles. The predicted octanol–water partition coefficient (Wildman–Crippen LogP) is 3.07. The number of hydrogen-bond donors (Lipinski definition) is 0. The van der Waals surface area contributed by atoms with E-state index in [1.807, 2.05) is 0 Å². The van der Waals surface area contributed by atoms with E-state index in [1.54, 1.807) is 0 Å². The van der Waals surface area contributed by atoms with Gasteiger partial charge in [-0.1, -0.05) is 0 Å². The van der Waals surface area contributed by atoms with Crippen molar-refractivity contribution < 1.29 is 18.7 Å². The van der Waals surface area contributed by atoms with Crippen LogP contribution >= 0.6 is 0 Å². The van der Waals surface area contributed by atoms with Crippen LogP contribution in [0.15, 0.2) is 67.1 Å². The first kappa shape index (κ1) is 15.5. The molecule has 1 heterocycles. The summed E-state index contributed by atoms with van der Waals surface area (Å²) >= 11 is 0. The smallest absolute Gasteiger partial charge is 0.363 e. The van der Waals surface area contributed by atoms with E-state index in [9.17, 15) is 14.0 Å². The molecule has 118 valence electrons. The van der Waals surface area contributed by atoms with Gasteiger partial charge in [0.25, 0.3) is 0 Å². The van der Waals surface area contributed by atoms with Gasteiger partial charge in [-0.05, 0) is 48.5 Å². The number of nitrogens with zero attached hydrogens (tertiary/aromatic N) is 2. The normalized spacial score (nSPS) is 10.2. The van der Waals surface area contributed by atoms with E-state index in [2.05, 4.69) is 9.97 Å². The molecule has 0 spiro atoms. The molecular weight excluding hydrogens is 311 g/mol. The number of halogens is 1. The Kier molecular flexibility index (Phi) is 4.38. The highest BCUT2D eigenvalue weighted by Crippen LogP contribution is 2.16. The molecule has 0 unspecified atom stereocenters. The molecule has 3 rings (SSSR count). The van der Waals surface area contributed by atoms with Crippen LogP contribution in [0.5, 0.6) is 5.75 Å². The van der Waals surface area contributed by atoms with Gasteiger partial charge in [0.05, 0.1) is 6.20 Å². The lowest BCUT2D eigenvalue weighted by Crippen LogP contribution is -2.10. The fraction of sp³-hybridized carbons (Fsp3) is 0. The summed E-state index contributed by atoms with van der Waals surface area (Å²) in [5.74, 6) is -1.01. The van der Waals surface area contributed by atoms with E-state index < -0.39 is 11.8 Å². The zero-order chi connectivity index (χ0) is 16.9. The number of esters is 1. The molecule has 3 aromatic rings. The van der Waals surface area contributed by atoms with E-state index in [-0.39, 0.29) is 17.2 Å². The van der Waals surface area contributed by atoms with Crippen LogP contribution < -0.4 is 4.74 Å². The van der Waals surface area contributed by atoms with Crippen LogP contribution in [-0.2, 0) is 0 Å². The van der Waals surface area contributed by atoms with Crippen molar-refractivity contribution in [2.24, 2.45) is 0 Å². The first-order chi connectivity index (χ1) is 11.6. The molecule has 0 atom stereocenters. The summed E-state index contributed by atoms with van der Waals surface area (Å²) in [6, 6.07) is 11.4. The Morgan fingerprint density at radius 3 is 2.08 bits per heavy atom. The second kappa shape index (κ2) is 6.78. The minimum atomic E-state index is -0.638. The summed E-state index contributed by atoms with van der Waals surface area (Å²) in [6.45, 7) is 0. The fourth-order valence-corrected chi connectivity index (χ4v) is 2.01. The van der Waals surface area contributed by atoms with Gasteiger partial charge in [0.2, 0.25) is 0 Å². The monoisotopic (exact) mass is 322 g/mol. The number of ether oxygens (including phenoxy) is 1. The summed E-state index contributed by atoms with van der Waals surface area (Å²) in [5, 5.41) is 0. The summed E-state index contributed by atoms with van der Waals surface area (Å²) in [5.41, 5.74) is 0.866. The Hall–Kier alpha value is -3.41. The summed E-state index contributed by atoms with van der Waals surface area (Å²) in [7, 11) is 0. The molecule has 0 aliphatic rings. The molecule has 0 aliphatic heterocycles. The number of ketones is 1. The molecule has 0 saturated heterocycles. The van der Waals surface area contributed by atoms with Crippen LogP contribution in [0.3, 0.4) is 0 Å². The van der Waals surface area contributed by atoms with Crippen molar-refractivity contribution in [2.75, 3.05) is 0 Å². The third kappa shape index (κ3) is 3.49. The fourth-order valence-electron chi connectivity index (χ4n) is 2.01. The predicted molar refractivity (Wildman–Crippen MR) is 83.3 cm³/mol. The lowest BCUT2D eigenvalue weighted by atomic mass is 10.0. The highest BCUT2D eigenvalue weighted by molar-refractivity contribution is 6.09. The van der Waals surface area contributed by atoms with Crippen LogP contribution in [0, 0.1) is 5.82 Å².